The van der Waals surface area contributed by atoms with Crippen LogP contribution >= 0.6 is 0 Å². The number of furan rings is 1. The van der Waals surface area contributed by atoms with Gasteiger partial charge in [0.1, 0.15) is 11.5 Å². The van der Waals surface area contributed by atoms with Gasteiger partial charge < -0.3 is 14.6 Å². The first-order valence-corrected chi connectivity index (χ1v) is 13.5. The quantitative estimate of drug-likeness (QED) is 0.322. The van der Waals surface area contributed by atoms with Gasteiger partial charge in [-0.2, -0.15) is 0 Å². The van der Waals surface area contributed by atoms with Crippen molar-refractivity contribution in [1.29, 1.82) is 0 Å². The summed E-state index contributed by atoms with van der Waals surface area (Å²) in [5.41, 5.74) is 5.48. The number of carbonyl (C=O) groups is 3. The van der Waals surface area contributed by atoms with Crippen LogP contribution in [0.4, 0.5) is 11.4 Å². The molecule has 0 unspecified atom stereocenters. The van der Waals surface area contributed by atoms with Crippen molar-refractivity contribution in [3.8, 4) is 0 Å². The van der Waals surface area contributed by atoms with E-state index in [1.54, 1.807) is 24.3 Å². The number of benzene rings is 3. The first-order chi connectivity index (χ1) is 19.3. The van der Waals surface area contributed by atoms with Crippen molar-refractivity contribution in [1.82, 2.24) is 0 Å². The van der Waals surface area contributed by atoms with E-state index in [1.165, 1.54) is 6.26 Å². The third-order valence-corrected chi connectivity index (χ3v) is 8.78. The second-order valence-corrected chi connectivity index (χ2v) is 11.1. The van der Waals surface area contributed by atoms with Crippen LogP contribution in [0.3, 0.4) is 0 Å². The molecule has 198 valence electrons. The third-order valence-electron chi connectivity index (χ3n) is 8.78. The van der Waals surface area contributed by atoms with E-state index in [9.17, 15) is 14.4 Å². The van der Waals surface area contributed by atoms with Crippen molar-refractivity contribution >= 4 is 34.4 Å². The molecule has 6 nitrogen and oxygen atoms in total. The van der Waals surface area contributed by atoms with Gasteiger partial charge in [0.05, 0.1) is 18.2 Å². The molecule has 4 atom stereocenters. The van der Waals surface area contributed by atoms with Crippen molar-refractivity contribution in [2.24, 2.45) is 5.92 Å². The summed E-state index contributed by atoms with van der Waals surface area (Å²) in [7, 11) is 0. The van der Waals surface area contributed by atoms with E-state index in [-0.39, 0.29) is 23.2 Å². The van der Waals surface area contributed by atoms with Gasteiger partial charge in [0.25, 0.3) is 0 Å². The Balaban J connectivity index is 1.56. The van der Waals surface area contributed by atoms with Crippen molar-refractivity contribution < 1.29 is 18.8 Å². The topological polar surface area (TPSA) is 79.6 Å². The van der Waals surface area contributed by atoms with Gasteiger partial charge in [-0.25, -0.2) is 0 Å². The lowest BCUT2D eigenvalue weighted by atomic mass is 9.64. The zero-order valence-corrected chi connectivity index (χ0v) is 22.5. The fourth-order valence-corrected chi connectivity index (χ4v) is 7.01. The number of allylic oxidation sites excluding steroid dienone is 1. The highest BCUT2D eigenvalue weighted by atomic mass is 16.3. The minimum Gasteiger partial charge on any atom is -0.461 e. The second kappa shape index (κ2) is 8.65. The largest absolute Gasteiger partial charge is 0.461 e. The number of carbonyl (C=O) groups excluding carboxylic acids is 3. The molecule has 4 aromatic rings. The predicted octanol–water partition coefficient (Wildman–Crippen LogP) is 6.14. The fourth-order valence-electron chi connectivity index (χ4n) is 7.01. The number of anilines is 2. The number of hydrogen-bond acceptors (Lipinski definition) is 5. The summed E-state index contributed by atoms with van der Waals surface area (Å²) in [6.45, 7) is 6.03. The average Bonchev–Trinajstić information content (AvgIpc) is 3.66. The van der Waals surface area contributed by atoms with Crippen LogP contribution in [0, 0.1) is 19.8 Å². The highest BCUT2D eigenvalue weighted by molar-refractivity contribution is 6.18. The van der Waals surface area contributed by atoms with Crippen LogP contribution in [0.25, 0.3) is 5.57 Å². The molecule has 1 saturated heterocycles. The Hall–Kier alpha value is -4.71. The van der Waals surface area contributed by atoms with Crippen molar-refractivity contribution in [3.63, 3.8) is 0 Å². The zero-order chi connectivity index (χ0) is 27.8. The molecule has 7 rings (SSSR count). The van der Waals surface area contributed by atoms with E-state index in [0.717, 1.165) is 33.5 Å². The number of ketones is 2. The molecule has 6 heteroatoms. The molecule has 40 heavy (non-hydrogen) atoms. The molecule has 4 heterocycles. The summed E-state index contributed by atoms with van der Waals surface area (Å²) >= 11 is 0. The van der Waals surface area contributed by atoms with Crippen molar-refractivity contribution in [3.05, 3.63) is 125 Å². The molecule has 0 bridgehead atoms. The lowest BCUT2D eigenvalue weighted by Crippen LogP contribution is -2.51. The maximum Gasteiger partial charge on any atom is 0.238 e. The molecule has 1 fully saturated rings. The van der Waals surface area contributed by atoms with Crippen LogP contribution in [0.2, 0.25) is 0 Å². The summed E-state index contributed by atoms with van der Waals surface area (Å²) in [6.07, 6.45) is 3.51. The molecular formula is C34H28N2O4. The molecular weight excluding hydrogens is 500 g/mol. The van der Waals surface area contributed by atoms with E-state index in [4.69, 9.17) is 4.42 Å². The highest BCUT2D eigenvalue weighted by Gasteiger charge is 2.70. The zero-order valence-electron chi connectivity index (χ0n) is 22.5. The van der Waals surface area contributed by atoms with Crippen LogP contribution in [-0.2, 0) is 10.2 Å². The molecule has 0 radical (unpaired) electrons. The van der Waals surface area contributed by atoms with Gasteiger partial charge in [-0.1, -0.05) is 65.7 Å². The Morgan fingerprint density at radius 1 is 0.875 bits per heavy atom. The van der Waals surface area contributed by atoms with Crippen LogP contribution in [-0.4, -0.2) is 29.6 Å². The maximum absolute atomic E-state index is 14.6. The highest BCUT2D eigenvalue weighted by Crippen LogP contribution is 2.58. The van der Waals surface area contributed by atoms with Crippen LogP contribution in [0.1, 0.15) is 50.1 Å². The number of fused-ring (bicyclic) bond motifs is 6. The summed E-state index contributed by atoms with van der Waals surface area (Å²) in [5, 5.41) is 3.06. The van der Waals surface area contributed by atoms with Crippen LogP contribution in [0.15, 0.2) is 95.6 Å². The molecule has 0 saturated carbocycles. The van der Waals surface area contributed by atoms with Gasteiger partial charge in [-0.05, 0) is 62.2 Å². The minimum absolute atomic E-state index is 0.132. The summed E-state index contributed by atoms with van der Waals surface area (Å²) in [6, 6.07) is 22.8. The molecule has 0 aliphatic carbocycles. The Kier molecular flexibility index (Phi) is 5.26. The number of nitrogens with one attached hydrogen (secondary N) is 1. The van der Waals surface area contributed by atoms with Crippen LogP contribution in [0.5, 0.6) is 0 Å². The van der Waals surface area contributed by atoms with E-state index in [0.29, 0.717) is 11.3 Å². The first kappa shape index (κ1) is 24.3. The number of para-hydroxylation sites is 1. The normalized spacial score (nSPS) is 24.3. The first-order valence-electron chi connectivity index (χ1n) is 13.5. The van der Waals surface area contributed by atoms with E-state index in [1.807, 2.05) is 74.2 Å². The third kappa shape index (κ3) is 3.19. The SMILES string of the molecule is CC1=C[C@@H]2N(c3ccc(C)cc31)[C@H](C(=O)c1ccc(C)cc1)[C@H](C(=O)c1ccco1)[C@@]21C(=O)Nc2ccccc21. The molecule has 1 N–H and O–H groups in total. The van der Waals surface area contributed by atoms with Gasteiger partial charge in [-0.15, -0.1) is 0 Å². The number of aryl methyl sites for hydroxylation is 2. The lowest BCUT2D eigenvalue weighted by molar-refractivity contribution is -0.121. The fraction of sp³-hybridized carbons (Fsp3) is 0.206. The van der Waals surface area contributed by atoms with E-state index >= 15 is 0 Å². The number of hydrogen-bond donors (Lipinski definition) is 1. The second-order valence-electron chi connectivity index (χ2n) is 11.1. The van der Waals surface area contributed by atoms with Gasteiger partial charge in [0.2, 0.25) is 11.7 Å². The van der Waals surface area contributed by atoms with Gasteiger partial charge in [-0.3, -0.25) is 14.4 Å². The Labute approximate surface area is 232 Å². The predicted molar refractivity (Wildman–Crippen MR) is 154 cm³/mol. The number of Topliss-reactive ketones (excluding diaryl/α,β-unsaturated/α-hetero) is 2. The van der Waals surface area contributed by atoms with Crippen LogP contribution < -0.4 is 10.2 Å². The molecule has 3 aliphatic rings. The van der Waals surface area contributed by atoms with Crippen molar-refractivity contribution in [2.75, 3.05) is 10.2 Å². The molecule has 1 spiro atoms. The number of rotatable bonds is 4. The molecule has 1 amide bonds. The number of amides is 1. The standard InChI is InChI=1S/C34H28N2O4/c1-19-10-13-22(14-11-19)31(37)30-29(32(38)27-9-6-16-40-27)34(24-7-4-5-8-25(24)35-33(34)39)28-18-21(3)23-17-20(2)12-15-26(23)36(28)30/h4-18,28-30H,1-3H3,(H,35,39)/t28-,29+,30-,34-/m0/s1. The summed E-state index contributed by atoms with van der Waals surface area (Å²) < 4.78 is 5.62. The summed E-state index contributed by atoms with van der Waals surface area (Å²) in [4.78, 5) is 45.6. The minimum atomic E-state index is -1.35. The average molecular weight is 529 g/mol. The van der Waals surface area contributed by atoms with Gasteiger partial charge in [0, 0.05) is 22.5 Å². The van der Waals surface area contributed by atoms with E-state index in [2.05, 4.69) is 17.5 Å². The summed E-state index contributed by atoms with van der Waals surface area (Å²) in [5.74, 6) is -1.77. The van der Waals surface area contributed by atoms with E-state index < -0.39 is 23.4 Å². The van der Waals surface area contributed by atoms with Gasteiger partial charge >= 0.3 is 0 Å². The monoisotopic (exact) mass is 528 g/mol. The Morgan fingerprint density at radius 3 is 2.38 bits per heavy atom. The smallest absolute Gasteiger partial charge is 0.238 e. The Morgan fingerprint density at radius 2 is 1.62 bits per heavy atom. The van der Waals surface area contributed by atoms with Gasteiger partial charge in [0.15, 0.2) is 11.5 Å². The van der Waals surface area contributed by atoms with Crippen molar-refractivity contribution in [2.45, 2.75) is 38.3 Å². The lowest BCUT2D eigenvalue weighted by Gasteiger charge is -2.39. The molecule has 3 aliphatic heterocycles. The molecule has 3 aromatic carbocycles. The molecule has 1 aromatic heterocycles. The maximum atomic E-state index is 14.6. The Bertz CT molecular complexity index is 1730. The number of nitrogens with zero attached hydrogens (tertiary/aromatic N) is 1.